The lowest BCUT2D eigenvalue weighted by Crippen LogP contribution is -2.29. The summed E-state index contributed by atoms with van der Waals surface area (Å²) in [4.78, 5) is 0.431. The molecular weight excluding hydrogens is 260 g/mol. The van der Waals surface area contributed by atoms with Crippen LogP contribution in [-0.4, -0.2) is 21.5 Å². The van der Waals surface area contributed by atoms with Gasteiger partial charge in [-0.15, -0.1) is 0 Å². The number of hydrogen-bond acceptors (Lipinski definition) is 3. The van der Waals surface area contributed by atoms with Crippen molar-refractivity contribution in [2.75, 3.05) is 18.4 Å². The fourth-order valence-electron chi connectivity index (χ4n) is 2.32. The van der Waals surface area contributed by atoms with Crippen LogP contribution >= 0.6 is 0 Å². The minimum Gasteiger partial charge on any atom is -0.385 e. The Kier molecular flexibility index (Phi) is 4.16. The lowest BCUT2D eigenvalue weighted by atomic mass is 10.00. The smallest absolute Gasteiger partial charge is 0.240 e. The van der Waals surface area contributed by atoms with E-state index < -0.39 is 10.0 Å². The zero-order valence-electron chi connectivity index (χ0n) is 11.8. The number of rotatable bonds is 4. The third kappa shape index (κ3) is 3.09. The Hall–Kier alpha value is -1.07. The first-order chi connectivity index (χ1) is 8.92. The second-order valence-corrected chi connectivity index (χ2v) is 7.25. The van der Waals surface area contributed by atoms with Crippen molar-refractivity contribution in [2.24, 2.45) is 5.92 Å². The summed E-state index contributed by atoms with van der Waals surface area (Å²) in [5.41, 5.74) is 3.04. The third-order valence-corrected chi connectivity index (χ3v) is 4.86. The summed E-state index contributed by atoms with van der Waals surface area (Å²) < 4.78 is 27.5. The summed E-state index contributed by atoms with van der Waals surface area (Å²) >= 11 is 0. The number of anilines is 1. The molecule has 106 valence electrons. The van der Waals surface area contributed by atoms with E-state index in [9.17, 15) is 8.42 Å². The molecule has 1 aromatic carbocycles. The van der Waals surface area contributed by atoms with Crippen LogP contribution in [0.1, 0.15) is 31.4 Å². The highest BCUT2D eigenvalue weighted by atomic mass is 32.2. The number of benzene rings is 1. The highest BCUT2D eigenvalue weighted by Crippen LogP contribution is 2.31. The second-order valence-electron chi connectivity index (χ2n) is 5.51. The molecule has 0 aromatic heterocycles. The largest absolute Gasteiger partial charge is 0.385 e. The van der Waals surface area contributed by atoms with Gasteiger partial charge in [0, 0.05) is 18.8 Å². The minimum atomic E-state index is -3.40. The topological polar surface area (TPSA) is 58.2 Å². The molecule has 19 heavy (non-hydrogen) atoms. The summed E-state index contributed by atoms with van der Waals surface area (Å²) in [7, 11) is -3.40. The van der Waals surface area contributed by atoms with Gasteiger partial charge in [-0.1, -0.05) is 19.9 Å². The van der Waals surface area contributed by atoms with Crippen molar-refractivity contribution in [2.45, 2.75) is 38.5 Å². The van der Waals surface area contributed by atoms with Gasteiger partial charge in [-0.3, -0.25) is 0 Å². The van der Waals surface area contributed by atoms with E-state index in [-0.39, 0.29) is 0 Å². The molecule has 5 heteroatoms. The molecule has 1 aliphatic rings. The van der Waals surface area contributed by atoms with E-state index in [2.05, 4.69) is 10.0 Å². The Morgan fingerprint density at radius 3 is 2.79 bits per heavy atom. The number of sulfonamides is 1. The second kappa shape index (κ2) is 5.51. The molecule has 0 saturated heterocycles. The summed E-state index contributed by atoms with van der Waals surface area (Å²) in [5.74, 6) is 0.300. The Morgan fingerprint density at radius 2 is 2.11 bits per heavy atom. The molecule has 0 spiro atoms. The van der Waals surface area contributed by atoms with Crippen LogP contribution in [0.15, 0.2) is 17.0 Å². The van der Waals surface area contributed by atoms with Crippen LogP contribution in [-0.2, 0) is 16.4 Å². The normalized spacial score (nSPS) is 15.2. The van der Waals surface area contributed by atoms with E-state index in [1.54, 1.807) is 6.07 Å². The molecular formula is C14H22N2O2S. The van der Waals surface area contributed by atoms with E-state index >= 15 is 0 Å². The van der Waals surface area contributed by atoms with E-state index in [0.717, 1.165) is 36.2 Å². The average molecular weight is 282 g/mol. The Balaban J connectivity index is 2.40. The molecule has 1 aliphatic heterocycles. The quantitative estimate of drug-likeness (QED) is 0.891. The number of nitrogens with one attached hydrogen (secondary N) is 2. The van der Waals surface area contributed by atoms with Gasteiger partial charge in [0.15, 0.2) is 0 Å². The van der Waals surface area contributed by atoms with Crippen LogP contribution in [0.3, 0.4) is 0 Å². The van der Waals surface area contributed by atoms with Crippen molar-refractivity contribution in [1.29, 1.82) is 0 Å². The fourth-order valence-corrected chi connectivity index (χ4v) is 3.81. The van der Waals surface area contributed by atoms with Crippen LogP contribution in [0, 0.1) is 12.8 Å². The predicted molar refractivity (Wildman–Crippen MR) is 78.0 cm³/mol. The third-order valence-electron chi connectivity index (χ3n) is 3.35. The van der Waals surface area contributed by atoms with Crippen molar-refractivity contribution in [3.8, 4) is 0 Å². The maximum absolute atomic E-state index is 12.4. The van der Waals surface area contributed by atoms with Crippen molar-refractivity contribution < 1.29 is 8.42 Å². The number of aryl methyl sites for hydroxylation is 1. The van der Waals surface area contributed by atoms with E-state index in [1.807, 2.05) is 26.8 Å². The van der Waals surface area contributed by atoms with Crippen molar-refractivity contribution in [3.63, 3.8) is 0 Å². The molecule has 0 atom stereocenters. The molecule has 0 saturated carbocycles. The van der Waals surface area contributed by atoms with Crippen LogP contribution in [0.5, 0.6) is 0 Å². The fraction of sp³-hybridized carbons (Fsp3) is 0.571. The summed E-state index contributed by atoms with van der Waals surface area (Å²) in [6.45, 7) is 7.38. The van der Waals surface area contributed by atoms with Gasteiger partial charge >= 0.3 is 0 Å². The predicted octanol–water partition coefficient (Wildman–Crippen LogP) is 2.29. The zero-order valence-corrected chi connectivity index (χ0v) is 12.6. The maximum atomic E-state index is 12.4. The Labute approximate surface area is 115 Å². The molecule has 0 aliphatic carbocycles. The lowest BCUT2D eigenvalue weighted by Gasteiger charge is -2.23. The molecule has 0 bridgehead atoms. The van der Waals surface area contributed by atoms with Gasteiger partial charge in [0.05, 0.1) is 4.90 Å². The standard InChI is InChI=1S/C14H22N2O2S/c1-10(2)9-16-19(17,18)13-7-6-11(3)14-12(13)5-4-8-15-14/h6-7,10,15-16H,4-5,8-9H2,1-3H3. The molecule has 2 N–H and O–H groups in total. The first-order valence-electron chi connectivity index (χ1n) is 6.78. The zero-order chi connectivity index (χ0) is 14.0. The van der Waals surface area contributed by atoms with Crippen LogP contribution in [0.2, 0.25) is 0 Å². The van der Waals surface area contributed by atoms with Crippen molar-refractivity contribution >= 4 is 15.7 Å². The Bertz CT molecular complexity index is 565. The lowest BCUT2D eigenvalue weighted by molar-refractivity contribution is 0.558. The Morgan fingerprint density at radius 1 is 1.37 bits per heavy atom. The maximum Gasteiger partial charge on any atom is 0.240 e. The average Bonchev–Trinajstić information content (AvgIpc) is 2.37. The van der Waals surface area contributed by atoms with Gasteiger partial charge < -0.3 is 5.32 Å². The first kappa shape index (κ1) is 14.3. The van der Waals surface area contributed by atoms with Gasteiger partial charge in [0.25, 0.3) is 0 Å². The molecule has 0 amide bonds. The monoisotopic (exact) mass is 282 g/mol. The summed E-state index contributed by atoms with van der Waals surface area (Å²) in [5, 5.41) is 3.32. The molecule has 0 fully saturated rings. The molecule has 1 aromatic rings. The molecule has 0 radical (unpaired) electrons. The number of fused-ring (bicyclic) bond motifs is 1. The SMILES string of the molecule is Cc1ccc(S(=O)(=O)NCC(C)C)c2c1NCCC2. The highest BCUT2D eigenvalue weighted by Gasteiger charge is 2.23. The van der Waals surface area contributed by atoms with Gasteiger partial charge in [-0.25, -0.2) is 13.1 Å². The van der Waals surface area contributed by atoms with Gasteiger partial charge in [-0.05, 0) is 42.9 Å². The van der Waals surface area contributed by atoms with Crippen molar-refractivity contribution in [1.82, 2.24) is 4.72 Å². The summed E-state index contributed by atoms with van der Waals surface area (Å²) in [6.07, 6.45) is 1.80. The van der Waals surface area contributed by atoms with E-state index in [0.29, 0.717) is 17.4 Å². The van der Waals surface area contributed by atoms with Gasteiger partial charge in [0.2, 0.25) is 10.0 Å². The molecule has 0 unspecified atom stereocenters. The molecule has 2 rings (SSSR count). The molecule has 1 heterocycles. The first-order valence-corrected chi connectivity index (χ1v) is 8.26. The van der Waals surface area contributed by atoms with Crippen LogP contribution in [0.4, 0.5) is 5.69 Å². The minimum absolute atomic E-state index is 0.300. The highest BCUT2D eigenvalue weighted by molar-refractivity contribution is 7.89. The van der Waals surface area contributed by atoms with Crippen molar-refractivity contribution in [3.05, 3.63) is 23.3 Å². The summed E-state index contributed by atoms with van der Waals surface area (Å²) in [6, 6.07) is 3.60. The van der Waals surface area contributed by atoms with Crippen LogP contribution < -0.4 is 10.0 Å². The van der Waals surface area contributed by atoms with Gasteiger partial charge in [0.1, 0.15) is 0 Å². The van der Waals surface area contributed by atoms with E-state index in [1.165, 1.54) is 0 Å². The van der Waals surface area contributed by atoms with Crippen LogP contribution in [0.25, 0.3) is 0 Å². The van der Waals surface area contributed by atoms with E-state index in [4.69, 9.17) is 0 Å². The molecule has 4 nitrogen and oxygen atoms in total. The van der Waals surface area contributed by atoms with Gasteiger partial charge in [-0.2, -0.15) is 0 Å². The number of hydrogen-bond donors (Lipinski definition) is 2.